The molecule has 0 aliphatic heterocycles. The van der Waals surface area contributed by atoms with Gasteiger partial charge in [0.2, 0.25) is 0 Å². The molecular formula is C28H46N2O4. The zero-order valence-electron chi connectivity index (χ0n) is 21.5. The third-order valence-electron chi connectivity index (χ3n) is 6.81. The predicted molar refractivity (Wildman–Crippen MR) is 133 cm³/mol. The Kier molecular flexibility index (Phi) is 12.1. The molecule has 34 heavy (non-hydrogen) atoms. The van der Waals surface area contributed by atoms with Crippen LogP contribution in [0.4, 0.5) is 0 Å². The van der Waals surface area contributed by atoms with Gasteiger partial charge in [-0.1, -0.05) is 43.2 Å². The van der Waals surface area contributed by atoms with Crippen molar-refractivity contribution in [2.75, 3.05) is 0 Å². The smallest absolute Gasteiger partial charge is 0.313 e. The van der Waals surface area contributed by atoms with Gasteiger partial charge in [0.05, 0.1) is 24.0 Å². The maximum atomic E-state index is 12.3. The zero-order chi connectivity index (χ0) is 25.0. The lowest BCUT2D eigenvalue weighted by Gasteiger charge is -2.27. The van der Waals surface area contributed by atoms with Crippen molar-refractivity contribution in [1.29, 1.82) is 0 Å². The Morgan fingerprint density at radius 2 is 1.44 bits per heavy atom. The minimum Gasteiger partial charge on any atom is -0.548 e. The van der Waals surface area contributed by atoms with Gasteiger partial charge in [0.1, 0.15) is 5.60 Å². The number of aliphatic carboxylic acids is 1. The third kappa shape index (κ3) is 11.0. The van der Waals surface area contributed by atoms with Crippen molar-refractivity contribution in [2.24, 2.45) is 5.73 Å². The topological polar surface area (TPSA) is 109 Å². The number of quaternary nitrogens is 1. The van der Waals surface area contributed by atoms with Crippen molar-refractivity contribution < 1.29 is 24.7 Å². The average molecular weight is 475 g/mol. The molecule has 1 aromatic carbocycles. The first-order valence-electron chi connectivity index (χ1n) is 13.2. The van der Waals surface area contributed by atoms with E-state index in [9.17, 15) is 14.7 Å². The standard InChI is InChI=1S/C16H23NO4.C12H23N/c1-16(2,3)21-15(20)12(9-10-13(17)14(18)19)11-7-5-4-6-8-11;1-3-7-11(8-4-1)13-12-9-5-2-6-10-12/h4-8,12-13H,9-10,17H2,1-3H3,(H,18,19);11-13H,1-10H2. The van der Waals surface area contributed by atoms with E-state index < -0.39 is 23.5 Å². The van der Waals surface area contributed by atoms with Crippen molar-refractivity contribution >= 4 is 11.9 Å². The van der Waals surface area contributed by atoms with Crippen molar-refractivity contribution in [3.8, 4) is 0 Å². The molecule has 2 atom stereocenters. The van der Waals surface area contributed by atoms with Gasteiger partial charge in [0.25, 0.3) is 0 Å². The first-order valence-corrected chi connectivity index (χ1v) is 13.2. The maximum absolute atomic E-state index is 12.3. The number of hydrogen-bond acceptors (Lipinski definition) is 5. The molecular weight excluding hydrogens is 428 g/mol. The highest BCUT2D eigenvalue weighted by Gasteiger charge is 2.27. The molecule has 3 rings (SSSR count). The molecule has 2 unspecified atom stereocenters. The van der Waals surface area contributed by atoms with Crippen molar-refractivity contribution in [2.45, 2.75) is 127 Å². The Morgan fingerprint density at radius 3 is 1.88 bits per heavy atom. The fourth-order valence-corrected chi connectivity index (χ4v) is 4.98. The minimum absolute atomic E-state index is 0.154. The second-order valence-electron chi connectivity index (χ2n) is 11.0. The van der Waals surface area contributed by atoms with E-state index in [1.54, 1.807) is 20.8 Å². The Morgan fingerprint density at radius 1 is 0.941 bits per heavy atom. The summed E-state index contributed by atoms with van der Waals surface area (Å²) in [5, 5.41) is 13.4. The number of esters is 1. The summed E-state index contributed by atoms with van der Waals surface area (Å²) < 4.78 is 5.40. The van der Waals surface area contributed by atoms with Gasteiger partial charge < -0.3 is 25.7 Å². The lowest BCUT2D eigenvalue weighted by molar-refractivity contribution is -0.725. The summed E-state index contributed by atoms with van der Waals surface area (Å²) in [6, 6.07) is 10.0. The van der Waals surface area contributed by atoms with Crippen LogP contribution in [-0.4, -0.2) is 35.7 Å². The minimum atomic E-state index is -1.31. The SMILES string of the molecule is C1CCC([NH2+]C2CCCCC2)CC1.CC(C)(C)OC(=O)C(CCC(N)C(=O)[O-])c1ccccc1. The summed E-state index contributed by atoms with van der Waals surface area (Å²) in [5.74, 6) is -2.22. The second kappa shape index (κ2) is 14.5. The number of nitrogens with two attached hydrogens (primary N) is 2. The number of rotatable bonds is 8. The molecule has 2 aliphatic carbocycles. The highest BCUT2D eigenvalue weighted by Crippen LogP contribution is 2.25. The van der Waals surface area contributed by atoms with E-state index in [1.807, 2.05) is 30.3 Å². The number of benzene rings is 1. The van der Waals surface area contributed by atoms with Gasteiger partial charge in [0.15, 0.2) is 0 Å². The summed E-state index contributed by atoms with van der Waals surface area (Å²) >= 11 is 0. The number of ether oxygens (including phenoxy) is 1. The first kappa shape index (κ1) is 28.3. The largest absolute Gasteiger partial charge is 0.548 e. The van der Waals surface area contributed by atoms with Crippen LogP contribution in [0.5, 0.6) is 0 Å². The molecule has 192 valence electrons. The molecule has 0 heterocycles. The van der Waals surface area contributed by atoms with Crippen LogP contribution < -0.4 is 16.2 Å². The highest BCUT2D eigenvalue weighted by atomic mass is 16.6. The molecule has 0 radical (unpaired) electrons. The number of carbonyl (C=O) groups is 2. The summed E-state index contributed by atoms with van der Waals surface area (Å²) in [6.07, 6.45) is 15.4. The van der Waals surface area contributed by atoms with Crippen molar-refractivity contribution in [1.82, 2.24) is 0 Å². The molecule has 0 saturated heterocycles. The van der Waals surface area contributed by atoms with Crippen molar-refractivity contribution in [3.05, 3.63) is 35.9 Å². The van der Waals surface area contributed by atoms with E-state index in [-0.39, 0.29) is 12.4 Å². The number of carbonyl (C=O) groups excluding carboxylic acids is 2. The monoisotopic (exact) mass is 474 g/mol. The van der Waals surface area contributed by atoms with Gasteiger partial charge in [-0.25, -0.2) is 0 Å². The summed E-state index contributed by atoms with van der Waals surface area (Å²) in [6.45, 7) is 5.37. The van der Waals surface area contributed by atoms with Crippen LogP contribution in [0.2, 0.25) is 0 Å². The number of carboxylic acids is 1. The molecule has 1 aromatic rings. The third-order valence-corrected chi connectivity index (χ3v) is 6.81. The summed E-state index contributed by atoms with van der Waals surface area (Å²) in [7, 11) is 0. The van der Waals surface area contributed by atoms with Crippen LogP contribution in [0.15, 0.2) is 30.3 Å². The number of carboxylic acid groups (broad SMARTS) is 1. The van der Waals surface area contributed by atoms with E-state index in [4.69, 9.17) is 10.5 Å². The van der Waals surface area contributed by atoms with E-state index in [1.165, 1.54) is 64.2 Å². The lowest BCUT2D eigenvalue weighted by Crippen LogP contribution is -2.95. The lowest BCUT2D eigenvalue weighted by atomic mass is 9.91. The van der Waals surface area contributed by atoms with Gasteiger partial charge in [0, 0.05) is 6.04 Å². The average Bonchev–Trinajstić information content (AvgIpc) is 2.80. The molecule has 6 heteroatoms. The highest BCUT2D eigenvalue weighted by molar-refractivity contribution is 5.78. The second-order valence-corrected chi connectivity index (χ2v) is 11.0. The van der Waals surface area contributed by atoms with E-state index in [2.05, 4.69) is 5.32 Å². The van der Waals surface area contributed by atoms with Gasteiger partial charge >= 0.3 is 5.97 Å². The normalized spacial score (nSPS) is 19.4. The molecule has 0 spiro atoms. The van der Waals surface area contributed by atoms with Crippen LogP contribution in [0.1, 0.15) is 109 Å². The first-order chi connectivity index (χ1) is 16.2. The zero-order valence-corrected chi connectivity index (χ0v) is 21.5. The molecule has 4 N–H and O–H groups in total. The molecule has 0 amide bonds. The van der Waals surface area contributed by atoms with Gasteiger partial charge in [-0.15, -0.1) is 0 Å². The molecule has 2 fully saturated rings. The molecule has 2 aliphatic rings. The Labute approximate surface area is 206 Å². The van der Waals surface area contributed by atoms with E-state index in [0.29, 0.717) is 6.42 Å². The van der Waals surface area contributed by atoms with Crippen LogP contribution in [0.3, 0.4) is 0 Å². The molecule has 0 aromatic heterocycles. The van der Waals surface area contributed by atoms with Crippen LogP contribution in [0.25, 0.3) is 0 Å². The maximum Gasteiger partial charge on any atom is 0.313 e. The van der Waals surface area contributed by atoms with E-state index >= 15 is 0 Å². The predicted octanol–water partition coefficient (Wildman–Crippen LogP) is 3.18. The van der Waals surface area contributed by atoms with Crippen LogP contribution >= 0.6 is 0 Å². The van der Waals surface area contributed by atoms with Crippen LogP contribution in [-0.2, 0) is 14.3 Å². The summed E-state index contributed by atoms with van der Waals surface area (Å²) in [4.78, 5) is 23.0. The Bertz CT molecular complexity index is 704. The molecule has 2 saturated carbocycles. The molecule has 6 nitrogen and oxygen atoms in total. The fraction of sp³-hybridized carbons (Fsp3) is 0.714. The quantitative estimate of drug-likeness (QED) is 0.563. The van der Waals surface area contributed by atoms with Gasteiger partial charge in [-0.3, -0.25) is 4.79 Å². The van der Waals surface area contributed by atoms with E-state index in [0.717, 1.165) is 17.6 Å². The van der Waals surface area contributed by atoms with Gasteiger partial charge in [-0.05, 0) is 90.5 Å². The Balaban J connectivity index is 0.000000266. The molecule has 0 bridgehead atoms. The number of hydrogen-bond donors (Lipinski definition) is 2. The Hall–Kier alpha value is -1.92. The fourth-order valence-electron chi connectivity index (χ4n) is 4.98. The van der Waals surface area contributed by atoms with Crippen molar-refractivity contribution in [3.63, 3.8) is 0 Å². The summed E-state index contributed by atoms with van der Waals surface area (Å²) in [5.41, 5.74) is 5.65. The van der Waals surface area contributed by atoms with Crippen LogP contribution in [0, 0.1) is 0 Å². The van der Waals surface area contributed by atoms with Gasteiger partial charge in [-0.2, -0.15) is 0 Å².